The molecule has 0 fully saturated rings. The summed E-state index contributed by atoms with van der Waals surface area (Å²) in [6.07, 6.45) is 4.89. The molecule has 1 amide bonds. The smallest absolute Gasteiger partial charge is 0.290 e. The Morgan fingerprint density at radius 3 is 2.92 bits per heavy atom. The fraction of sp³-hybridized carbons (Fsp3) is 0.467. The van der Waals surface area contributed by atoms with Crippen LogP contribution < -0.4 is 4.72 Å². The third-order valence-corrected chi connectivity index (χ3v) is 4.84. The molecule has 1 N–H and O–H groups in total. The molecule has 8 nitrogen and oxygen atoms in total. The molecular formula is C15H20N4O4S. The van der Waals surface area contributed by atoms with Crippen LogP contribution in [0.15, 0.2) is 29.0 Å². The zero-order chi connectivity index (χ0) is 17.3. The van der Waals surface area contributed by atoms with Gasteiger partial charge >= 0.3 is 0 Å². The van der Waals surface area contributed by atoms with E-state index in [9.17, 15) is 13.2 Å². The molecule has 2 aromatic rings. The van der Waals surface area contributed by atoms with Gasteiger partial charge in [0.15, 0.2) is 5.76 Å². The van der Waals surface area contributed by atoms with Gasteiger partial charge in [-0.15, -0.1) is 0 Å². The van der Waals surface area contributed by atoms with Gasteiger partial charge in [-0.2, -0.15) is 5.10 Å². The molecule has 0 aromatic carbocycles. The summed E-state index contributed by atoms with van der Waals surface area (Å²) >= 11 is 0. The number of carbonyl (C=O) groups excluding carboxylic acids is 1. The molecule has 1 aliphatic heterocycles. The Kier molecular flexibility index (Phi) is 4.46. The molecule has 0 aliphatic carbocycles. The van der Waals surface area contributed by atoms with Crippen molar-refractivity contribution in [2.45, 2.75) is 32.5 Å². The molecule has 3 heterocycles. The van der Waals surface area contributed by atoms with E-state index in [-0.39, 0.29) is 24.3 Å². The third kappa shape index (κ3) is 3.51. The third-order valence-electron chi connectivity index (χ3n) is 4.15. The maximum absolute atomic E-state index is 12.9. The minimum atomic E-state index is -3.33. The lowest BCUT2D eigenvalue weighted by Crippen LogP contribution is -2.46. The number of sulfonamides is 1. The van der Waals surface area contributed by atoms with Gasteiger partial charge in [0.05, 0.1) is 24.8 Å². The summed E-state index contributed by atoms with van der Waals surface area (Å²) in [5.74, 6) is 0.0415. The van der Waals surface area contributed by atoms with E-state index in [1.165, 1.54) is 6.26 Å². The Hall–Kier alpha value is -2.13. The van der Waals surface area contributed by atoms with Crippen LogP contribution in [0.3, 0.4) is 0 Å². The lowest BCUT2D eigenvalue weighted by atomic mass is 10.1. The Morgan fingerprint density at radius 1 is 1.46 bits per heavy atom. The number of hydrogen-bond acceptors (Lipinski definition) is 5. The van der Waals surface area contributed by atoms with Gasteiger partial charge in [0.2, 0.25) is 10.0 Å². The molecule has 2 aromatic heterocycles. The lowest BCUT2D eigenvalue weighted by Gasteiger charge is -2.29. The predicted molar refractivity (Wildman–Crippen MR) is 86.8 cm³/mol. The van der Waals surface area contributed by atoms with Gasteiger partial charge in [-0.25, -0.2) is 13.1 Å². The van der Waals surface area contributed by atoms with E-state index in [1.54, 1.807) is 17.2 Å². The molecule has 130 valence electrons. The van der Waals surface area contributed by atoms with Crippen molar-refractivity contribution in [1.82, 2.24) is 19.4 Å². The number of fused-ring (bicyclic) bond motifs is 1. The molecule has 0 radical (unpaired) electrons. The highest BCUT2D eigenvalue weighted by atomic mass is 32.2. The first-order chi connectivity index (χ1) is 11.3. The largest absolute Gasteiger partial charge is 0.459 e. The number of carbonyl (C=O) groups is 1. The average Bonchev–Trinajstić information content (AvgIpc) is 3.09. The molecule has 1 unspecified atom stereocenters. The van der Waals surface area contributed by atoms with Crippen molar-refractivity contribution in [3.8, 4) is 0 Å². The summed E-state index contributed by atoms with van der Waals surface area (Å²) in [5, 5.41) is 4.25. The monoisotopic (exact) mass is 352 g/mol. The van der Waals surface area contributed by atoms with Crippen molar-refractivity contribution >= 4 is 15.9 Å². The maximum atomic E-state index is 12.9. The first-order valence-corrected chi connectivity index (χ1v) is 9.54. The minimum Gasteiger partial charge on any atom is -0.459 e. The van der Waals surface area contributed by atoms with Crippen LogP contribution in [-0.2, 0) is 23.1 Å². The van der Waals surface area contributed by atoms with Crippen LogP contribution in [0, 0.1) is 6.92 Å². The van der Waals surface area contributed by atoms with Crippen molar-refractivity contribution in [3.05, 3.63) is 41.6 Å². The Morgan fingerprint density at radius 2 is 2.25 bits per heavy atom. The molecule has 3 rings (SSSR count). The first-order valence-electron chi connectivity index (χ1n) is 7.65. The number of aromatic nitrogens is 2. The van der Waals surface area contributed by atoms with Gasteiger partial charge in [0.1, 0.15) is 0 Å². The van der Waals surface area contributed by atoms with Gasteiger partial charge in [-0.1, -0.05) is 0 Å². The van der Waals surface area contributed by atoms with Gasteiger partial charge in [-0.05, 0) is 25.5 Å². The number of nitrogens with zero attached hydrogens (tertiary/aromatic N) is 3. The number of hydrogen-bond donors (Lipinski definition) is 1. The molecule has 9 heteroatoms. The van der Waals surface area contributed by atoms with Crippen LogP contribution in [0.5, 0.6) is 0 Å². The zero-order valence-corrected chi connectivity index (χ0v) is 14.4. The van der Waals surface area contributed by atoms with Crippen molar-refractivity contribution in [1.29, 1.82) is 0 Å². The lowest BCUT2D eigenvalue weighted by molar-refractivity contribution is 0.0628. The van der Waals surface area contributed by atoms with Gasteiger partial charge in [0.25, 0.3) is 5.91 Å². The van der Waals surface area contributed by atoms with Crippen LogP contribution in [0.1, 0.15) is 28.2 Å². The average molecular weight is 352 g/mol. The standard InChI is InChI=1S/C15H20N4O4S/c1-11-5-8-23-14(11)15(20)18-10-13-3-6-16-19(13)7-4-12(18)9-17-24(2,21)22/h3,5-6,8,12,17H,4,7,9-10H2,1-2H3. The summed E-state index contributed by atoms with van der Waals surface area (Å²) in [4.78, 5) is 14.6. The second-order valence-electron chi connectivity index (χ2n) is 5.97. The van der Waals surface area contributed by atoms with E-state index in [4.69, 9.17) is 4.42 Å². The number of rotatable bonds is 4. The Labute approximate surface area is 140 Å². The van der Waals surface area contributed by atoms with E-state index in [1.807, 2.05) is 17.7 Å². The van der Waals surface area contributed by atoms with E-state index in [0.29, 0.717) is 19.5 Å². The fourth-order valence-corrected chi connectivity index (χ4v) is 3.34. The van der Waals surface area contributed by atoms with E-state index < -0.39 is 10.0 Å². The molecule has 0 spiro atoms. The molecule has 1 atom stereocenters. The van der Waals surface area contributed by atoms with Crippen molar-refractivity contribution in [2.24, 2.45) is 0 Å². The SMILES string of the molecule is Cc1ccoc1C(=O)N1Cc2ccnn2CCC1CNS(C)(=O)=O. The highest BCUT2D eigenvalue weighted by molar-refractivity contribution is 7.88. The summed E-state index contributed by atoms with van der Waals surface area (Å²) in [7, 11) is -3.33. The van der Waals surface area contributed by atoms with E-state index in [2.05, 4.69) is 9.82 Å². The zero-order valence-electron chi connectivity index (χ0n) is 13.6. The van der Waals surface area contributed by atoms with Crippen LogP contribution in [0.2, 0.25) is 0 Å². The molecule has 1 aliphatic rings. The maximum Gasteiger partial charge on any atom is 0.290 e. The molecule has 24 heavy (non-hydrogen) atoms. The second-order valence-corrected chi connectivity index (χ2v) is 7.81. The van der Waals surface area contributed by atoms with Crippen LogP contribution in [0.25, 0.3) is 0 Å². The number of amides is 1. The van der Waals surface area contributed by atoms with Gasteiger partial charge < -0.3 is 9.32 Å². The summed E-state index contributed by atoms with van der Waals surface area (Å²) in [5.41, 5.74) is 1.67. The van der Waals surface area contributed by atoms with Crippen LogP contribution >= 0.6 is 0 Å². The van der Waals surface area contributed by atoms with Crippen LogP contribution in [-0.4, -0.2) is 47.8 Å². The number of nitrogens with one attached hydrogen (secondary N) is 1. The number of aryl methyl sites for hydroxylation is 2. The van der Waals surface area contributed by atoms with Crippen molar-refractivity contribution < 1.29 is 17.6 Å². The first kappa shape index (κ1) is 16.7. The van der Waals surface area contributed by atoms with E-state index >= 15 is 0 Å². The summed E-state index contributed by atoms with van der Waals surface area (Å²) in [6.45, 7) is 2.95. The quantitative estimate of drug-likeness (QED) is 0.876. The molecule has 0 bridgehead atoms. The predicted octanol–water partition coefficient (Wildman–Crippen LogP) is 0.748. The van der Waals surface area contributed by atoms with Crippen LogP contribution in [0.4, 0.5) is 0 Å². The molecular weight excluding hydrogens is 332 g/mol. The Balaban J connectivity index is 1.89. The molecule has 0 saturated carbocycles. The minimum absolute atomic E-state index is 0.162. The Bertz CT molecular complexity index is 839. The highest BCUT2D eigenvalue weighted by Crippen LogP contribution is 2.21. The summed E-state index contributed by atoms with van der Waals surface area (Å²) in [6, 6.07) is 3.32. The highest BCUT2D eigenvalue weighted by Gasteiger charge is 2.31. The second kappa shape index (κ2) is 6.40. The van der Waals surface area contributed by atoms with E-state index in [0.717, 1.165) is 17.5 Å². The topological polar surface area (TPSA) is 97.4 Å². The number of furan rings is 1. The normalized spacial score (nSPS) is 18.2. The van der Waals surface area contributed by atoms with Gasteiger partial charge in [0, 0.05) is 30.9 Å². The van der Waals surface area contributed by atoms with Crippen molar-refractivity contribution in [2.75, 3.05) is 12.8 Å². The summed E-state index contributed by atoms with van der Waals surface area (Å²) < 4.78 is 32.5. The van der Waals surface area contributed by atoms with Gasteiger partial charge in [-0.3, -0.25) is 9.48 Å². The fourth-order valence-electron chi connectivity index (χ4n) is 2.85. The molecule has 0 saturated heterocycles. The van der Waals surface area contributed by atoms with Crippen molar-refractivity contribution in [3.63, 3.8) is 0 Å².